The number of hydrogen-bond acceptors (Lipinski definition) is 2. The second-order valence-corrected chi connectivity index (χ2v) is 6.80. The molecule has 20 heavy (non-hydrogen) atoms. The van der Waals surface area contributed by atoms with Crippen LogP contribution in [0.2, 0.25) is 0 Å². The van der Waals surface area contributed by atoms with Crippen molar-refractivity contribution in [1.82, 2.24) is 4.90 Å². The molecular weight excluding hydrogens is 266 g/mol. The predicted octanol–water partition coefficient (Wildman–Crippen LogP) is 4.20. The summed E-state index contributed by atoms with van der Waals surface area (Å²) in [6.45, 7) is 6.13. The minimum absolute atomic E-state index is 0.202. The van der Waals surface area contributed by atoms with Gasteiger partial charge >= 0.3 is 0 Å². The third-order valence-corrected chi connectivity index (χ3v) is 4.58. The van der Waals surface area contributed by atoms with Gasteiger partial charge in [0, 0.05) is 24.4 Å². The smallest absolute Gasteiger partial charge is 0.253 e. The molecular formula is C17H25NOS. The maximum Gasteiger partial charge on any atom is 0.253 e. The lowest BCUT2D eigenvalue weighted by molar-refractivity contribution is 0.0747. The Balaban J connectivity index is 1.98. The van der Waals surface area contributed by atoms with Gasteiger partial charge in [-0.15, -0.1) is 0 Å². The standard InChI is InChI=1S/C17H25NOS/c1-3-11-18(12-14-5-6-14)17(19)16-9-7-15(8-10-16)13-20-4-2/h7-10,14H,3-6,11-13H2,1-2H3. The van der Waals surface area contributed by atoms with Crippen LogP contribution in [-0.4, -0.2) is 29.6 Å². The van der Waals surface area contributed by atoms with Gasteiger partial charge in [-0.2, -0.15) is 11.8 Å². The second-order valence-electron chi connectivity index (χ2n) is 5.53. The van der Waals surface area contributed by atoms with Crippen molar-refractivity contribution < 1.29 is 4.79 Å². The number of nitrogens with zero attached hydrogens (tertiary/aromatic N) is 1. The summed E-state index contributed by atoms with van der Waals surface area (Å²) in [6.07, 6.45) is 3.62. The van der Waals surface area contributed by atoms with E-state index in [4.69, 9.17) is 0 Å². The average molecular weight is 291 g/mol. The van der Waals surface area contributed by atoms with Crippen molar-refractivity contribution in [3.05, 3.63) is 35.4 Å². The van der Waals surface area contributed by atoms with E-state index in [-0.39, 0.29) is 5.91 Å². The molecule has 1 aromatic rings. The Bertz CT molecular complexity index is 425. The third-order valence-electron chi connectivity index (χ3n) is 3.63. The summed E-state index contributed by atoms with van der Waals surface area (Å²) in [7, 11) is 0. The van der Waals surface area contributed by atoms with Gasteiger partial charge in [0.2, 0.25) is 0 Å². The van der Waals surface area contributed by atoms with Crippen molar-refractivity contribution in [1.29, 1.82) is 0 Å². The Hall–Kier alpha value is -0.960. The number of amides is 1. The fourth-order valence-corrected chi connectivity index (χ4v) is 2.94. The molecule has 1 amide bonds. The van der Waals surface area contributed by atoms with Gasteiger partial charge in [-0.05, 0) is 48.6 Å². The highest BCUT2D eigenvalue weighted by Crippen LogP contribution is 2.30. The molecule has 1 saturated carbocycles. The van der Waals surface area contributed by atoms with Crippen LogP contribution in [0.1, 0.15) is 49.0 Å². The molecule has 1 aromatic carbocycles. The molecule has 1 fully saturated rings. The van der Waals surface area contributed by atoms with Crippen LogP contribution in [0.5, 0.6) is 0 Å². The van der Waals surface area contributed by atoms with Gasteiger partial charge in [0.25, 0.3) is 5.91 Å². The Labute approximate surface area is 126 Å². The summed E-state index contributed by atoms with van der Waals surface area (Å²) in [5.41, 5.74) is 2.14. The quantitative estimate of drug-likeness (QED) is 0.715. The highest BCUT2D eigenvalue weighted by molar-refractivity contribution is 7.98. The van der Waals surface area contributed by atoms with Crippen LogP contribution in [0.4, 0.5) is 0 Å². The Kier molecular flexibility index (Phi) is 5.96. The molecule has 2 nitrogen and oxygen atoms in total. The maximum atomic E-state index is 12.5. The van der Waals surface area contributed by atoms with Gasteiger partial charge in [-0.3, -0.25) is 4.79 Å². The summed E-state index contributed by atoms with van der Waals surface area (Å²) in [6, 6.07) is 8.17. The van der Waals surface area contributed by atoms with Crippen LogP contribution < -0.4 is 0 Å². The highest BCUT2D eigenvalue weighted by atomic mass is 32.2. The third kappa shape index (κ3) is 4.55. The number of benzene rings is 1. The highest BCUT2D eigenvalue weighted by Gasteiger charge is 2.26. The van der Waals surface area contributed by atoms with E-state index in [0.29, 0.717) is 0 Å². The van der Waals surface area contributed by atoms with E-state index in [0.717, 1.165) is 42.5 Å². The van der Waals surface area contributed by atoms with E-state index >= 15 is 0 Å². The number of carbonyl (C=O) groups is 1. The Morgan fingerprint density at radius 2 is 1.95 bits per heavy atom. The second kappa shape index (κ2) is 7.72. The number of carbonyl (C=O) groups excluding carboxylic acids is 1. The van der Waals surface area contributed by atoms with Crippen LogP contribution >= 0.6 is 11.8 Å². The molecule has 0 aromatic heterocycles. The summed E-state index contributed by atoms with van der Waals surface area (Å²) in [4.78, 5) is 14.6. The maximum absolute atomic E-state index is 12.5. The monoisotopic (exact) mass is 291 g/mol. The number of hydrogen-bond donors (Lipinski definition) is 0. The minimum atomic E-state index is 0.202. The molecule has 0 spiro atoms. The van der Waals surface area contributed by atoms with Crippen molar-refractivity contribution in [3.8, 4) is 0 Å². The molecule has 0 atom stereocenters. The molecule has 0 heterocycles. The van der Waals surface area contributed by atoms with E-state index in [1.807, 2.05) is 28.8 Å². The molecule has 1 aliphatic rings. The minimum Gasteiger partial charge on any atom is -0.338 e. The van der Waals surface area contributed by atoms with E-state index in [2.05, 4.69) is 26.0 Å². The van der Waals surface area contributed by atoms with Crippen LogP contribution in [0.3, 0.4) is 0 Å². The lowest BCUT2D eigenvalue weighted by Crippen LogP contribution is -2.33. The van der Waals surface area contributed by atoms with Crippen molar-refractivity contribution in [3.63, 3.8) is 0 Å². The molecule has 0 aliphatic heterocycles. The largest absolute Gasteiger partial charge is 0.338 e. The van der Waals surface area contributed by atoms with Crippen molar-refractivity contribution >= 4 is 17.7 Å². The molecule has 0 unspecified atom stereocenters. The zero-order valence-electron chi connectivity index (χ0n) is 12.6. The van der Waals surface area contributed by atoms with Gasteiger partial charge in [-0.25, -0.2) is 0 Å². The molecule has 0 radical (unpaired) electrons. The van der Waals surface area contributed by atoms with Crippen LogP contribution in [-0.2, 0) is 5.75 Å². The summed E-state index contributed by atoms with van der Waals surface area (Å²) in [5.74, 6) is 3.12. The molecule has 1 aliphatic carbocycles. The van der Waals surface area contributed by atoms with E-state index < -0.39 is 0 Å². The fraction of sp³-hybridized carbons (Fsp3) is 0.588. The normalized spacial score (nSPS) is 14.3. The molecule has 2 rings (SSSR count). The van der Waals surface area contributed by atoms with E-state index in [1.54, 1.807) is 0 Å². The van der Waals surface area contributed by atoms with Crippen LogP contribution in [0, 0.1) is 5.92 Å². The zero-order chi connectivity index (χ0) is 14.4. The van der Waals surface area contributed by atoms with Crippen LogP contribution in [0.25, 0.3) is 0 Å². The van der Waals surface area contributed by atoms with Crippen molar-refractivity contribution in [2.24, 2.45) is 5.92 Å². The predicted molar refractivity (Wildman–Crippen MR) is 87.2 cm³/mol. The fourth-order valence-electron chi connectivity index (χ4n) is 2.30. The van der Waals surface area contributed by atoms with Crippen molar-refractivity contribution in [2.75, 3.05) is 18.8 Å². The lowest BCUT2D eigenvalue weighted by Gasteiger charge is -2.22. The first-order valence-electron chi connectivity index (χ1n) is 7.70. The van der Waals surface area contributed by atoms with Crippen LogP contribution in [0.15, 0.2) is 24.3 Å². The first-order valence-corrected chi connectivity index (χ1v) is 8.86. The molecule has 0 N–H and O–H groups in total. The summed E-state index contributed by atoms with van der Waals surface area (Å²) < 4.78 is 0. The van der Waals surface area contributed by atoms with E-state index in [1.165, 1.54) is 18.4 Å². The average Bonchev–Trinajstić information content (AvgIpc) is 3.28. The Morgan fingerprint density at radius 3 is 2.50 bits per heavy atom. The summed E-state index contributed by atoms with van der Waals surface area (Å²) in [5, 5.41) is 0. The first-order chi connectivity index (χ1) is 9.74. The Morgan fingerprint density at radius 1 is 1.25 bits per heavy atom. The summed E-state index contributed by atoms with van der Waals surface area (Å²) >= 11 is 1.91. The van der Waals surface area contributed by atoms with Gasteiger partial charge in [0.15, 0.2) is 0 Å². The molecule has 0 saturated heterocycles. The molecule has 110 valence electrons. The first kappa shape index (κ1) is 15.4. The van der Waals surface area contributed by atoms with Gasteiger partial charge in [0.1, 0.15) is 0 Å². The zero-order valence-corrected chi connectivity index (χ0v) is 13.4. The van der Waals surface area contributed by atoms with Crippen molar-refractivity contribution in [2.45, 2.75) is 38.9 Å². The molecule has 0 bridgehead atoms. The number of thioether (sulfide) groups is 1. The number of rotatable bonds is 8. The topological polar surface area (TPSA) is 20.3 Å². The van der Waals surface area contributed by atoms with Gasteiger partial charge < -0.3 is 4.90 Å². The van der Waals surface area contributed by atoms with Gasteiger partial charge in [-0.1, -0.05) is 26.0 Å². The lowest BCUT2D eigenvalue weighted by atomic mass is 10.1. The molecule has 3 heteroatoms. The SMILES string of the molecule is CCCN(CC1CC1)C(=O)c1ccc(CSCC)cc1. The van der Waals surface area contributed by atoms with Gasteiger partial charge in [0.05, 0.1) is 0 Å². The van der Waals surface area contributed by atoms with E-state index in [9.17, 15) is 4.79 Å².